The SMILES string of the molecule is CCCCC/C=C\C/C=C\CCCCCCCCCCCCCCCCCC(=O)OC(/C=C\CCCCCCCCCCCC)C(COP(=O)(O)OCC[N+](C)(C)C)NC(=O)CCCCCCCCCCCCC. The fourth-order valence-electron chi connectivity index (χ4n) is 9.38. The Bertz CT molecular complexity index is 1360. The number of nitrogens with zero attached hydrogens (tertiary/aromatic N) is 1. The number of likely N-dealkylation sites (N-methyl/N-ethyl adjacent to an activating group) is 1. The van der Waals surface area contributed by atoms with Gasteiger partial charge in [0.15, 0.2) is 0 Å². The molecule has 2 N–H and O–H groups in total. The highest BCUT2D eigenvalue weighted by atomic mass is 31.2. The van der Waals surface area contributed by atoms with E-state index < -0.39 is 20.0 Å². The summed E-state index contributed by atoms with van der Waals surface area (Å²) in [7, 11) is 1.51. The Labute approximate surface area is 459 Å². The number of hydrogen-bond acceptors (Lipinski definition) is 6. The number of carbonyl (C=O) groups excluding carboxylic acids is 2. The summed E-state index contributed by atoms with van der Waals surface area (Å²) in [5.41, 5.74) is 0. The summed E-state index contributed by atoms with van der Waals surface area (Å²) < 4.78 is 30.7. The number of phosphoric acid groups is 1. The Kier molecular flexibility index (Phi) is 53.3. The molecule has 0 radical (unpaired) electrons. The molecule has 1 amide bonds. The third kappa shape index (κ3) is 55.0. The van der Waals surface area contributed by atoms with Crippen molar-refractivity contribution in [2.24, 2.45) is 0 Å². The van der Waals surface area contributed by atoms with Gasteiger partial charge < -0.3 is 19.4 Å². The molecule has 0 aliphatic heterocycles. The molecule has 10 heteroatoms. The molecule has 0 saturated heterocycles. The van der Waals surface area contributed by atoms with Gasteiger partial charge in [-0.3, -0.25) is 18.6 Å². The van der Waals surface area contributed by atoms with Gasteiger partial charge in [0.2, 0.25) is 5.91 Å². The molecule has 9 nitrogen and oxygen atoms in total. The average Bonchev–Trinajstić information content (AvgIpc) is 3.36. The Morgan fingerprint density at radius 2 is 0.824 bits per heavy atom. The number of phosphoric ester groups is 1. The van der Waals surface area contributed by atoms with Gasteiger partial charge in [-0.05, 0) is 63.9 Å². The molecule has 0 aliphatic rings. The lowest BCUT2D eigenvalue weighted by molar-refractivity contribution is -0.870. The Morgan fingerprint density at radius 3 is 1.24 bits per heavy atom. The van der Waals surface area contributed by atoms with Crippen LogP contribution in [-0.2, 0) is 27.9 Å². The Hall–Kier alpha value is -1.77. The van der Waals surface area contributed by atoms with Crippen LogP contribution in [0.5, 0.6) is 0 Å². The quantitative estimate of drug-likeness (QED) is 0.0205. The number of nitrogens with one attached hydrogen (secondary N) is 1. The molecule has 0 bridgehead atoms. The van der Waals surface area contributed by atoms with Crippen LogP contribution in [0, 0.1) is 0 Å². The lowest BCUT2D eigenvalue weighted by atomic mass is 10.0. The van der Waals surface area contributed by atoms with Gasteiger partial charge in [0.25, 0.3) is 0 Å². The zero-order valence-corrected chi connectivity index (χ0v) is 50.7. The predicted octanol–water partition coefficient (Wildman–Crippen LogP) is 19.5. The summed E-state index contributed by atoms with van der Waals surface area (Å²) in [6.07, 6.45) is 65.8. The van der Waals surface area contributed by atoms with Crippen LogP contribution < -0.4 is 5.32 Å². The van der Waals surface area contributed by atoms with Gasteiger partial charge in [0, 0.05) is 12.8 Å². The summed E-state index contributed by atoms with van der Waals surface area (Å²) >= 11 is 0. The fraction of sp³-hybridized carbons (Fsp3) is 0.875. The van der Waals surface area contributed by atoms with E-state index in [1.165, 1.54) is 212 Å². The summed E-state index contributed by atoms with van der Waals surface area (Å²) in [6, 6.07) is -0.842. The maximum absolute atomic E-state index is 13.5. The van der Waals surface area contributed by atoms with Crippen molar-refractivity contribution in [3.63, 3.8) is 0 Å². The minimum absolute atomic E-state index is 0.0432. The second-order valence-corrected chi connectivity index (χ2v) is 24.4. The highest BCUT2D eigenvalue weighted by molar-refractivity contribution is 7.47. The highest BCUT2D eigenvalue weighted by Crippen LogP contribution is 2.43. The van der Waals surface area contributed by atoms with Gasteiger partial charge >= 0.3 is 13.8 Å². The van der Waals surface area contributed by atoms with Crippen molar-refractivity contribution in [2.75, 3.05) is 40.9 Å². The summed E-state index contributed by atoms with van der Waals surface area (Å²) in [6.45, 7) is 7.01. The van der Waals surface area contributed by atoms with Crippen LogP contribution in [0.2, 0.25) is 0 Å². The second kappa shape index (κ2) is 54.6. The number of hydrogen-bond donors (Lipinski definition) is 2. The number of ether oxygens (including phenoxy) is 1. The van der Waals surface area contributed by atoms with Crippen molar-refractivity contribution in [1.82, 2.24) is 5.32 Å². The van der Waals surface area contributed by atoms with Gasteiger partial charge in [-0.1, -0.05) is 269 Å². The molecule has 436 valence electrons. The van der Waals surface area contributed by atoms with Gasteiger partial charge in [-0.2, -0.15) is 0 Å². The number of esters is 1. The number of amides is 1. The minimum atomic E-state index is -4.44. The van der Waals surface area contributed by atoms with E-state index in [1.807, 2.05) is 33.3 Å². The van der Waals surface area contributed by atoms with Crippen molar-refractivity contribution in [3.8, 4) is 0 Å². The lowest BCUT2D eigenvalue weighted by Crippen LogP contribution is -2.47. The average molecular weight is 1060 g/mol. The molecule has 3 unspecified atom stereocenters. The molecule has 0 aliphatic carbocycles. The van der Waals surface area contributed by atoms with Crippen LogP contribution in [0.1, 0.15) is 310 Å². The van der Waals surface area contributed by atoms with Crippen molar-refractivity contribution in [2.45, 2.75) is 322 Å². The van der Waals surface area contributed by atoms with Crippen LogP contribution >= 0.6 is 7.82 Å². The van der Waals surface area contributed by atoms with E-state index in [1.54, 1.807) is 0 Å². The number of unbranched alkanes of at least 4 members (excludes halogenated alkanes) is 38. The number of quaternary nitrogens is 1. The van der Waals surface area contributed by atoms with E-state index in [0.717, 1.165) is 64.2 Å². The van der Waals surface area contributed by atoms with Crippen molar-refractivity contribution in [1.29, 1.82) is 0 Å². The predicted molar refractivity (Wildman–Crippen MR) is 319 cm³/mol. The number of allylic oxidation sites excluding steroid dienone is 5. The Morgan fingerprint density at radius 1 is 0.473 bits per heavy atom. The van der Waals surface area contributed by atoms with E-state index >= 15 is 0 Å². The maximum Gasteiger partial charge on any atom is 0.472 e. The van der Waals surface area contributed by atoms with Crippen molar-refractivity contribution < 1.29 is 37.3 Å². The first kappa shape index (κ1) is 72.2. The third-order valence-electron chi connectivity index (χ3n) is 14.3. The molecule has 0 heterocycles. The third-order valence-corrected chi connectivity index (χ3v) is 15.3. The van der Waals surface area contributed by atoms with E-state index in [0.29, 0.717) is 23.9 Å². The zero-order chi connectivity index (χ0) is 54.3. The van der Waals surface area contributed by atoms with E-state index in [9.17, 15) is 19.0 Å². The molecule has 74 heavy (non-hydrogen) atoms. The molecular formula is C64H124N2O7P+. The van der Waals surface area contributed by atoms with E-state index in [-0.39, 0.29) is 25.1 Å². The minimum Gasteiger partial charge on any atom is -0.456 e. The van der Waals surface area contributed by atoms with Crippen LogP contribution in [-0.4, -0.2) is 74.3 Å². The topological polar surface area (TPSA) is 111 Å². The molecule has 3 atom stereocenters. The van der Waals surface area contributed by atoms with Crippen molar-refractivity contribution in [3.05, 3.63) is 36.5 Å². The van der Waals surface area contributed by atoms with Gasteiger partial charge in [-0.15, -0.1) is 0 Å². The molecule has 0 aromatic carbocycles. The molecule has 0 rings (SSSR count). The summed E-state index contributed by atoms with van der Waals surface area (Å²) in [5, 5.41) is 3.05. The maximum atomic E-state index is 13.5. The first-order valence-corrected chi connectivity index (χ1v) is 33.3. The van der Waals surface area contributed by atoms with Crippen LogP contribution in [0.3, 0.4) is 0 Å². The van der Waals surface area contributed by atoms with Crippen LogP contribution in [0.4, 0.5) is 0 Å². The molecule has 0 fully saturated rings. The molecule has 0 spiro atoms. The first-order valence-electron chi connectivity index (χ1n) is 31.8. The molecule has 0 aromatic rings. The van der Waals surface area contributed by atoms with E-state index in [2.05, 4.69) is 50.4 Å². The fourth-order valence-corrected chi connectivity index (χ4v) is 10.1. The van der Waals surface area contributed by atoms with Gasteiger partial charge in [0.1, 0.15) is 19.3 Å². The van der Waals surface area contributed by atoms with Gasteiger partial charge in [-0.25, -0.2) is 4.57 Å². The van der Waals surface area contributed by atoms with Crippen LogP contribution in [0.25, 0.3) is 0 Å². The first-order chi connectivity index (χ1) is 35.9. The largest absolute Gasteiger partial charge is 0.472 e. The highest BCUT2D eigenvalue weighted by Gasteiger charge is 2.30. The van der Waals surface area contributed by atoms with Crippen molar-refractivity contribution >= 4 is 19.7 Å². The molecule has 0 aromatic heterocycles. The normalized spacial score (nSPS) is 13.9. The summed E-state index contributed by atoms with van der Waals surface area (Å²) in [5.74, 6) is -0.493. The van der Waals surface area contributed by atoms with E-state index in [4.69, 9.17) is 13.8 Å². The monoisotopic (exact) mass is 1060 g/mol. The number of carbonyl (C=O) groups is 2. The Balaban J connectivity index is 5.02. The molecule has 0 saturated carbocycles. The second-order valence-electron chi connectivity index (χ2n) is 22.9. The summed E-state index contributed by atoms with van der Waals surface area (Å²) in [4.78, 5) is 37.6. The smallest absolute Gasteiger partial charge is 0.456 e. The molecular weight excluding hydrogens is 940 g/mol. The van der Waals surface area contributed by atoms with Crippen LogP contribution in [0.15, 0.2) is 36.5 Å². The van der Waals surface area contributed by atoms with Gasteiger partial charge in [0.05, 0.1) is 33.8 Å². The lowest BCUT2D eigenvalue weighted by Gasteiger charge is -2.27. The zero-order valence-electron chi connectivity index (χ0n) is 49.9. The standard InChI is InChI=1S/C64H123N2O7P/c1-7-10-13-16-19-22-25-27-28-29-30-31-32-33-34-35-36-37-38-39-42-45-48-51-54-57-64(68)73-62(55-52-49-46-43-41-26-23-20-17-14-11-8-2)61(60-72-74(69,70)71-59-58-66(4,5)6)65-63(67)56-53-50-47-44-40-24-21-18-15-12-9-3/h19,22,27-28,52,55,61-62H,7-18,20-21,23-26,29-51,53-54,56-60H2,1-6H3,(H-,65,67,69,70)/p+1/b22-19-,28-27-,55-52-. The number of rotatable bonds is 58.